The van der Waals surface area contributed by atoms with Gasteiger partial charge in [-0.25, -0.2) is 0 Å². The molecule has 0 saturated heterocycles. The van der Waals surface area contributed by atoms with Crippen molar-refractivity contribution in [3.8, 4) is 0 Å². The van der Waals surface area contributed by atoms with Gasteiger partial charge in [0.2, 0.25) is 0 Å². The van der Waals surface area contributed by atoms with Crippen LogP contribution in [0.15, 0.2) is 30.5 Å². The third kappa shape index (κ3) is 3.84. The minimum atomic E-state index is 0.784. The van der Waals surface area contributed by atoms with Crippen LogP contribution < -0.4 is 5.32 Å². The molecule has 3 nitrogen and oxygen atoms in total. The number of rotatable bonds is 9. The van der Waals surface area contributed by atoms with Crippen molar-refractivity contribution in [3.63, 3.8) is 0 Å². The Labute approximate surface area is 121 Å². The monoisotopic (exact) mass is 274 g/mol. The van der Waals surface area contributed by atoms with E-state index in [2.05, 4.69) is 47.3 Å². The molecule has 110 valence electrons. The molecule has 0 aliphatic carbocycles. The van der Waals surface area contributed by atoms with Crippen molar-refractivity contribution in [2.45, 2.75) is 33.2 Å². The molecule has 2 rings (SSSR count). The Kier molecular flexibility index (Phi) is 6.09. The lowest BCUT2D eigenvalue weighted by molar-refractivity contribution is 0.140. The van der Waals surface area contributed by atoms with E-state index in [0.29, 0.717) is 0 Å². The zero-order chi connectivity index (χ0) is 14.2. The summed E-state index contributed by atoms with van der Waals surface area (Å²) in [6.07, 6.45) is 4.62. The van der Waals surface area contributed by atoms with Crippen LogP contribution in [0.1, 0.15) is 25.8 Å². The number of benzene rings is 1. The maximum Gasteiger partial charge on any atom is 0.0645 e. The number of aryl methyl sites for hydroxylation is 1. The highest BCUT2D eigenvalue weighted by atomic mass is 16.5. The topological polar surface area (TPSA) is 26.2 Å². The highest BCUT2D eigenvalue weighted by Crippen LogP contribution is 2.22. The van der Waals surface area contributed by atoms with Crippen LogP contribution in [0.2, 0.25) is 0 Å². The van der Waals surface area contributed by atoms with Crippen molar-refractivity contribution in [1.82, 2.24) is 9.88 Å². The third-order valence-electron chi connectivity index (χ3n) is 3.60. The van der Waals surface area contributed by atoms with E-state index in [1.165, 1.54) is 22.9 Å². The van der Waals surface area contributed by atoms with Crippen molar-refractivity contribution in [1.29, 1.82) is 0 Å². The summed E-state index contributed by atoms with van der Waals surface area (Å²) in [5.74, 6) is 0. The second-order valence-corrected chi connectivity index (χ2v) is 5.02. The molecule has 2 aromatic rings. The smallest absolute Gasteiger partial charge is 0.0645 e. The van der Waals surface area contributed by atoms with E-state index in [-0.39, 0.29) is 0 Å². The van der Waals surface area contributed by atoms with Gasteiger partial charge in [0, 0.05) is 30.3 Å². The first-order valence-corrected chi connectivity index (χ1v) is 7.72. The third-order valence-corrected chi connectivity index (χ3v) is 3.60. The second-order valence-electron chi connectivity index (χ2n) is 5.02. The lowest BCUT2D eigenvalue weighted by Gasteiger charge is -2.04. The van der Waals surface area contributed by atoms with Gasteiger partial charge in [0.15, 0.2) is 0 Å². The number of nitrogens with one attached hydrogen (secondary N) is 1. The molecule has 0 saturated carbocycles. The van der Waals surface area contributed by atoms with Crippen LogP contribution >= 0.6 is 0 Å². The van der Waals surface area contributed by atoms with E-state index in [1.54, 1.807) is 0 Å². The van der Waals surface area contributed by atoms with Gasteiger partial charge >= 0.3 is 0 Å². The molecule has 1 N–H and O–H groups in total. The predicted octanol–water partition coefficient (Wildman–Crippen LogP) is 3.22. The molecule has 0 amide bonds. The lowest BCUT2D eigenvalue weighted by atomic mass is 10.1. The molecular formula is C17H26N2O. The predicted molar refractivity (Wildman–Crippen MR) is 85.3 cm³/mol. The first-order chi connectivity index (χ1) is 9.86. The number of aromatic nitrogens is 1. The highest BCUT2D eigenvalue weighted by molar-refractivity contribution is 5.83. The summed E-state index contributed by atoms with van der Waals surface area (Å²) >= 11 is 0. The van der Waals surface area contributed by atoms with Crippen molar-refractivity contribution in [2.24, 2.45) is 0 Å². The van der Waals surface area contributed by atoms with Gasteiger partial charge < -0.3 is 14.6 Å². The Morgan fingerprint density at radius 2 is 2.05 bits per heavy atom. The fraction of sp³-hybridized carbons (Fsp3) is 0.529. The minimum Gasteiger partial charge on any atom is -0.380 e. The quantitative estimate of drug-likeness (QED) is 0.711. The van der Waals surface area contributed by atoms with Gasteiger partial charge in [-0.05, 0) is 44.5 Å². The number of nitrogens with zero attached hydrogens (tertiary/aromatic N) is 1. The Bertz CT molecular complexity index is 519. The van der Waals surface area contributed by atoms with Gasteiger partial charge in [-0.15, -0.1) is 0 Å². The molecule has 0 atom stereocenters. The van der Waals surface area contributed by atoms with E-state index in [9.17, 15) is 0 Å². The molecule has 0 aliphatic heterocycles. The molecule has 1 heterocycles. The van der Waals surface area contributed by atoms with Gasteiger partial charge in [0.05, 0.1) is 6.61 Å². The summed E-state index contributed by atoms with van der Waals surface area (Å²) in [7, 11) is 0. The van der Waals surface area contributed by atoms with E-state index in [1.807, 2.05) is 6.92 Å². The van der Waals surface area contributed by atoms with Crippen LogP contribution in [-0.2, 0) is 17.7 Å². The molecule has 1 aromatic carbocycles. The number of ether oxygens (including phenoxy) is 1. The average molecular weight is 274 g/mol. The summed E-state index contributed by atoms with van der Waals surface area (Å²) in [4.78, 5) is 0. The summed E-state index contributed by atoms with van der Waals surface area (Å²) in [6, 6.07) is 8.68. The number of fused-ring (bicyclic) bond motifs is 1. The van der Waals surface area contributed by atoms with Crippen LogP contribution in [-0.4, -0.2) is 30.9 Å². The number of hydrogen-bond acceptors (Lipinski definition) is 2. The molecule has 3 heteroatoms. The van der Waals surface area contributed by atoms with E-state index < -0.39 is 0 Å². The van der Waals surface area contributed by atoms with Crippen LogP contribution in [0.4, 0.5) is 0 Å². The highest BCUT2D eigenvalue weighted by Gasteiger charge is 2.07. The van der Waals surface area contributed by atoms with Gasteiger partial charge in [0.1, 0.15) is 0 Å². The zero-order valence-corrected chi connectivity index (χ0v) is 12.7. The Hall–Kier alpha value is -1.32. The van der Waals surface area contributed by atoms with Gasteiger partial charge in [-0.3, -0.25) is 0 Å². The van der Waals surface area contributed by atoms with Crippen LogP contribution in [0.3, 0.4) is 0 Å². The standard InChI is InChI=1S/C17H26N2O/c1-3-18-11-7-8-15-14-19(12-13-20-4-2)17-10-6-5-9-16(15)17/h5-6,9-10,14,18H,3-4,7-8,11-13H2,1-2H3. The Morgan fingerprint density at radius 3 is 2.85 bits per heavy atom. The Morgan fingerprint density at radius 1 is 1.20 bits per heavy atom. The van der Waals surface area contributed by atoms with Crippen LogP contribution in [0, 0.1) is 0 Å². The Balaban J connectivity index is 2.09. The largest absolute Gasteiger partial charge is 0.380 e. The van der Waals surface area contributed by atoms with Crippen molar-refractivity contribution >= 4 is 10.9 Å². The molecule has 0 bridgehead atoms. The molecule has 0 aliphatic rings. The van der Waals surface area contributed by atoms with Crippen molar-refractivity contribution in [2.75, 3.05) is 26.3 Å². The number of hydrogen-bond donors (Lipinski definition) is 1. The normalized spacial score (nSPS) is 11.3. The van der Waals surface area contributed by atoms with Crippen LogP contribution in [0.25, 0.3) is 10.9 Å². The lowest BCUT2D eigenvalue weighted by Crippen LogP contribution is -2.14. The summed E-state index contributed by atoms with van der Waals surface area (Å²) in [5, 5.41) is 4.78. The van der Waals surface area contributed by atoms with Crippen LogP contribution in [0.5, 0.6) is 0 Å². The van der Waals surface area contributed by atoms with E-state index in [0.717, 1.165) is 39.3 Å². The van der Waals surface area contributed by atoms with E-state index >= 15 is 0 Å². The van der Waals surface area contributed by atoms with Gasteiger partial charge in [-0.1, -0.05) is 25.1 Å². The fourth-order valence-electron chi connectivity index (χ4n) is 2.59. The maximum absolute atomic E-state index is 5.48. The van der Waals surface area contributed by atoms with Crippen molar-refractivity contribution < 1.29 is 4.74 Å². The fourth-order valence-corrected chi connectivity index (χ4v) is 2.59. The SMILES string of the molecule is CCNCCCc1cn(CCOCC)c2ccccc12. The summed E-state index contributed by atoms with van der Waals surface area (Å²) in [6.45, 7) is 8.84. The van der Waals surface area contributed by atoms with Gasteiger partial charge in [-0.2, -0.15) is 0 Å². The molecule has 0 unspecified atom stereocenters. The first-order valence-electron chi connectivity index (χ1n) is 7.72. The molecule has 0 fully saturated rings. The first kappa shape index (κ1) is 15.1. The molecule has 1 aromatic heterocycles. The second kappa shape index (κ2) is 8.08. The summed E-state index contributed by atoms with van der Waals surface area (Å²) in [5.41, 5.74) is 2.78. The molecule has 20 heavy (non-hydrogen) atoms. The molecular weight excluding hydrogens is 248 g/mol. The van der Waals surface area contributed by atoms with Gasteiger partial charge in [0.25, 0.3) is 0 Å². The average Bonchev–Trinajstić information content (AvgIpc) is 2.83. The minimum absolute atomic E-state index is 0.784. The zero-order valence-electron chi connectivity index (χ0n) is 12.7. The summed E-state index contributed by atoms with van der Waals surface area (Å²) < 4.78 is 7.80. The van der Waals surface area contributed by atoms with E-state index in [4.69, 9.17) is 4.74 Å². The number of para-hydroxylation sites is 1. The van der Waals surface area contributed by atoms with Crippen molar-refractivity contribution in [3.05, 3.63) is 36.0 Å². The molecule has 0 radical (unpaired) electrons. The maximum atomic E-state index is 5.48. The molecule has 0 spiro atoms.